The molecule has 2 atom stereocenters. The van der Waals surface area contributed by atoms with Gasteiger partial charge in [-0.15, -0.1) is 0 Å². The Kier molecular flexibility index (Phi) is 13.2. The molecule has 0 saturated heterocycles. The van der Waals surface area contributed by atoms with E-state index in [1.165, 1.54) is 167 Å². The van der Waals surface area contributed by atoms with Gasteiger partial charge in [-0.1, -0.05) is 259 Å². The van der Waals surface area contributed by atoms with Crippen molar-refractivity contribution < 1.29 is 0 Å². The number of nitrogens with zero attached hydrogens (tertiary/aromatic N) is 2. The average Bonchev–Trinajstić information content (AvgIpc) is 0.885. The van der Waals surface area contributed by atoms with Crippen molar-refractivity contribution in [3.8, 4) is 77.9 Å². The molecule has 0 fully saturated rings. The van der Waals surface area contributed by atoms with Crippen LogP contribution in [0, 0.1) is 0 Å². The highest BCUT2D eigenvalue weighted by atomic mass is 15.2. The van der Waals surface area contributed by atoms with Crippen LogP contribution in [0.2, 0.25) is 0 Å². The Balaban J connectivity index is 0.692. The van der Waals surface area contributed by atoms with Gasteiger partial charge in [0.15, 0.2) is 0 Å². The van der Waals surface area contributed by atoms with Gasteiger partial charge in [0, 0.05) is 49.8 Å². The molecule has 17 rings (SSSR count). The Bertz CT molecular complexity index is 5200. The van der Waals surface area contributed by atoms with Gasteiger partial charge in [0.2, 0.25) is 0 Å². The molecule has 472 valence electrons. The molecule has 0 N–H and O–H groups in total. The van der Waals surface area contributed by atoms with E-state index in [4.69, 9.17) is 0 Å². The van der Waals surface area contributed by atoms with Crippen molar-refractivity contribution in [1.82, 2.24) is 0 Å². The Labute approximate surface area is 570 Å². The number of anilines is 4. The number of rotatable bonds is 12. The van der Waals surface area contributed by atoms with Crippen molar-refractivity contribution >= 4 is 22.7 Å². The highest BCUT2D eigenvalue weighted by Crippen LogP contribution is 2.58. The Hall–Kier alpha value is -9.76. The van der Waals surface area contributed by atoms with Crippen LogP contribution in [0.4, 0.5) is 22.7 Å². The standard InChI is InChI=1S/C94H86N2/c1-14-88(95(64-26-18-16-19-27-64)66-40-47-74-72-44-36-60(53-83(72)92(9,10)86(74)56-66)58-34-42-70-68-30-22-24-32-78(68)89(3,4)81(70)51-58)62-38-49-80-77(50-62)76-46-39-63(55-85(76)91(80,7)8)94(13,15-2)96(65-28-20-17-21-29-65)67-41-48-75-73-45-37-61(54-84(73)93(11,12)87(75)57-67)59-35-43-71-69-31-23-25-33-79(69)90(5,6)82(71)52-59/h16-57,88H,14-15H2,1-13H3. The number of hydrogen-bond donors (Lipinski definition) is 0. The summed E-state index contributed by atoms with van der Waals surface area (Å²) in [6.45, 7) is 31.3. The van der Waals surface area contributed by atoms with E-state index >= 15 is 0 Å². The fourth-order valence-corrected chi connectivity index (χ4v) is 18.6. The zero-order valence-electron chi connectivity index (χ0n) is 58.1. The molecular formula is C94H86N2. The SMILES string of the molecule is CCC(c1ccc2c(c1)-c1ccc(C(C)(CC)N(c3ccccc3)c3ccc4c(c3)C(C)(C)c3cc(-c5ccc6c(c5)C(C)(C)c5ccccc5-6)ccc3-4)cc1C2(C)C)N(c1ccccc1)c1ccc2c(c1)C(C)(C)c1cc(-c3ccc4c(c3)C(C)(C)c3ccccc3-4)ccc1-2. The summed E-state index contributed by atoms with van der Waals surface area (Å²) in [4.78, 5) is 5.27. The summed E-state index contributed by atoms with van der Waals surface area (Å²) >= 11 is 0. The smallest absolute Gasteiger partial charge is 0.0671 e. The van der Waals surface area contributed by atoms with Gasteiger partial charge in [0.1, 0.15) is 0 Å². The zero-order valence-corrected chi connectivity index (χ0v) is 58.1. The van der Waals surface area contributed by atoms with Gasteiger partial charge in [0.25, 0.3) is 0 Å². The van der Waals surface area contributed by atoms with Crippen molar-refractivity contribution in [3.63, 3.8) is 0 Å². The van der Waals surface area contributed by atoms with Crippen molar-refractivity contribution in [1.29, 1.82) is 0 Å². The average molecular weight is 1240 g/mol. The number of para-hydroxylation sites is 2. The van der Waals surface area contributed by atoms with E-state index < -0.39 is 5.54 Å². The summed E-state index contributed by atoms with van der Waals surface area (Å²) in [5.41, 5.74) is 38.8. The Morgan fingerprint density at radius 2 is 0.625 bits per heavy atom. The first kappa shape index (κ1) is 59.9. The van der Waals surface area contributed by atoms with Crippen LogP contribution in [0.1, 0.15) is 176 Å². The third-order valence-corrected chi connectivity index (χ3v) is 24.3. The monoisotopic (exact) mass is 1240 g/mol. The second kappa shape index (κ2) is 21.1. The largest absolute Gasteiger partial charge is 0.334 e. The summed E-state index contributed by atoms with van der Waals surface area (Å²) in [5, 5.41) is 0. The van der Waals surface area contributed by atoms with Crippen LogP contribution in [0.25, 0.3) is 77.9 Å². The van der Waals surface area contributed by atoms with Gasteiger partial charge >= 0.3 is 0 Å². The Morgan fingerprint density at radius 1 is 0.281 bits per heavy atom. The molecule has 0 aliphatic heterocycles. The molecule has 2 nitrogen and oxygen atoms in total. The molecular weight excluding hydrogens is 1160 g/mol. The molecule has 0 aromatic heterocycles. The van der Waals surface area contributed by atoms with E-state index in [0.717, 1.165) is 12.8 Å². The lowest BCUT2D eigenvalue weighted by Crippen LogP contribution is -2.41. The van der Waals surface area contributed by atoms with Crippen LogP contribution >= 0.6 is 0 Å². The minimum Gasteiger partial charge on any atom is -0.334 e. The molecule has 12 aromatic carbocycles. The van der Waals surface area contributed by atoms with Gasteiger partial charge in [-0.25, -0.2) is 0 Å². The third kappa shape index (κ3) is 8.55. The summed E-state index contributed by atoms with van der Waals surface area (Å²) in [5.74, 6) is 0. The summed E-state index contributed by atoms with van der Waals surface area (Å²) < 4.78 is 0. The van der Waals surface area contributed by atoms with Crippen LogP contribution in [0.3, 0.4) is 0 Å². The normalized spacial score (nSPS) is 16.7. The maximum absolute atomic E-state index is 2.64. The van der Waals surface area contributed by atoms with Crippen LogP contribution in [-0.4, -0.2) is 0 Å². The lowest BCUT2D eigenvalue weighted by atomic mass is 9.78. The predicted molar refractivity (Wildman–Crippen MR) is 406 cm³/mol. The van der Waals surface area contributed by atoms with Crippen molar-refractivity contribution in [3.05, 3.63) is 322 Å². The molecule has 5 aliphatic rings. The molecule has 5 aliphatic carbocycles. The fraction of sp³-hybridized carbons (Fsp3) is 0.234. The molecule has 0 spiro atoms. The topological polar surface area (TPSA) is 6.48 Å². The van der Waals surface area contributed by atoms with Crippen LogP contribution in [-0.2, 0) is 32.6 Å². The minimum absolute atomic E-state index is 0.0528. The van der Waals surface area contributed by atoms with Gasteiger partial charge in [-0.05, 0) is 243 Å². The molecule has 12 aromatic rings. The molecule has 0 heterocycles. The molecule has 2 unspecified atom stereocenters. The predicted octanol–water partition coefficient (Wildman–Crippen LogP) is 25.3. The molecule has 96 heavy (non-hydrogen) atoms. The lowest BCUT2D eigenvalue weighted by molar-refractivity contribution is 0.462. The minimum atomic E-state index is -0.408. The summed E-state index contributed by atoms with van der Waals surface area (Å²) in [7, 11) is 0. The number of benzene rings is 12. The zero-order chi connectivity index (χ0) is 66.2. The molecule has 0 radical (unpaired) electrons. The second-order valence-electron chi connectivity index (χ2n) is 31.2. The van der Waals surface area contributed by atoms with E-state index in [9.17, 15) is 0 Å². The van der Waals surface area contributed by atoms with Crippen LogP contribution < -0.4 is 9.80 Å². The van der Waals surface area contributed by atoms with E-state index in [2.05, 4.69) is 355 Å². The first-order valence-corrected chi connectivity index (χ1v) is 35.2. The van der Waals surface area contributed by atoms with Gasteiger partial charge < -0.3 is 9.80 Å². The van der Waals surface area contributed by atoms with E-state index in [1.54, 1.807) is 0 Å². The third-order valence-electron chi connectivity index (χ3n) is 24.3. The second-order valence-corrected chi connectivity index (χ2v) is 31.2. The van der Waals surface area contributed by atoms with Crippen LogP contribution in [0.5, 0.6) is 0 Å². The highest BCUT2D eigenvalue weighted by Gasteiger charge is 2.44. The van der Waals surface area contributed by atoms with E-state index in [0.29, 0.717) is 0 Å². The maximum atomic E-state index is 2.64. The first-order chi connectivity index (χ1) is 46.1. The number of hydrogen-bond acceptors (Lipinski definition) is 2. The fourth-order valence-electron chi connectivity index (χ4n) is 18.6. The van der Waals surface area contributed by atoms with Gasteiger partial charge in [0.05, 0.1) is 11.6 Å². The molecule has 2 heteroatoms. The van der Waals surface area contributed by atoms with Crippen LogP contribution in [0.15, 0.2) is 255 Å². The van der Waals surface area contributed by atoms with E-state index in [-0.39, 0.29) is 33.1 Å². The van der Waals surface area contributed by atoms with Crippen molar-refractivity contribution in [2.75, 3.05) is 9.80 Å². The van der Waals surface area contributed by atoms with Gasteiger partial charge in [-0.3, -0.25) is 0 Å². The summed E-state index contributed by atoms with van der Waals surface area (Å²) in [6, 6.07) is 98.6. The van der Waals surface area contributed by atoms with E-state index in [1.807, 2.05) is 0 Å². The number of fused-ring (bicyclic) bond motifs is 15. The maximum Gasteiger partial charge on any atom is 0.0671 e. The first-order valence-electron chi connectivity index (χ1n) is 35.2. The lowest BCUT2D eigenvalue weighted by Gasteiger charge is -2.44. The van der Waals surface area contributed by atoms with Gasteiger partial charge in [-0.2, -0.15) is 0 Å². The van der Waals surface area contributed by atoms with Crippen molar-refractivity contribution in [2.24, 2.45) is 0 Å². The molecule has 0 saturated carbocycles. The highest BCUT2D eigenvalue weighted by molar-refractivity contribution is 5.91. The quantitative estimate of drug-likeness (QED) is 0.120. The summed E-state index contributed by atoms with van der Waals surface area (Å²) in [6.07, 6.45) is 1.83. The molecule has 0 amide bonds. The molecule has 0 bridgehead atoms. The Morgan fingerprint density at radius 3 is 1.08 bits per heavy atom. The van der Waals surface area contributed by atoms with Crippen molar-refractivity contribution in [2.45, 2.75) is 142 Å².